The summed E-state index contributed by atoms with van der Waals surface area (Å²) in [4.78, 5) is 2.50. The lowest BCUT2D eigenvalue weighted by Crippen LogP contribution is -2.60. The molecule has 1 heterocycles. The molecule has 1 saturated carbocycles. The number of piperidine rings is 1. The summed E-state index contributed by atoms with van der Waals surface area (Å²) in [6, 6.07) is 0. The quantitative estimate of drug-likeness (QED) is 0.682. The summed E-state index contributed by atoms with van der Waals surface area (Å²) in [5, 5.41) is 0.0606. The van der Waals surface area contributed by atoms with Gasteiger partial charge in [0.25, 0.3) is 0 Å². The Hall–Kier alpha value is -0.0151. The van der Waals surface area contributed by atoms with E-state index >= 15 is 0 Å². The minimum absolute atomic E-state index is 0.0606. The first kappa shape index (κ1) is 13.4. The Bertz CT molecular complexity index is 281. The molecule has 2 aliphatic rings. The molecule has 0 aromatic rings. The first-order chi connectivity index (χ1) is 7.89. The normalized spacial score (nSPS) is 47.8. The Morgan fingerprint density at radius 2 is 2.06 bits per heavy atom. The maximum atomic E-state index is 6.34. The fraction of sp³-hybridized carbons (Fsp3) is 1.00. The Morgan fingerprint density at radius 3 is 2.71 bits per heavy atom. The Morgan fingerprint density at radius 1 is 1.35 bits per heavy atom. The third-order valence-corrected chi connectivity index (χ3v) is 5.27. The highest BCUT2D eigenvalue weighted by atomic mass is 16.5. The molecule has 2 radical (unpaired) electrons. The van der Waals surface area contributed by atoms with E-state index < -0.39 is 0 Å². The van der Waals surface area contributed by atoms with Gasteiger partial charge in [-0.1, -0.05) is 25.1 Å². The van der Waals surface area contributed by atoms with Crippen molar-refractivity contribution in [1.82, 2.24) is 4.90 Å². The zero-order chi connectivity index (χ0) is 12.7. The molecule has 0 spiro atoms. The Kier molecular flexibility index (Phi) is 3.62. The van der Waals surface area contributed by atoms with Crippen molar-refractivity contribution < 1.29 is 4.74 Å². The molecular weight excluding hydrogens is 209 g/mol. The number of fused-ring (bicyclic) bond motifs is 1. The predicted octanol–water partition coefficient (Wildman–Crippen LogP) is 2.49. The zero-order valence-electron chi connectivity index (χ0n) is 11.8. The summed E-state index contributed by atoms with van der Waals surface area (Å²) in [5.41, 5.74) is 0.203. The summed E-state index contributed by atoms with van der Waals surface area (Å²) < 4.78 is 5.48. The third-order valence-electron chi connectivity index (χ3n) is 5.27. The van der Waals surface area contributed by atoms with Crippen LogP contribution in [0.2, 0.25) is 5.31 Å². The molecule has 0 aromatic heterocycles. The van der Waals surface area contributed by atoms with Gasteiger partial charge in [0.1, 0.15) is 0 Å². The van der Waals surface area contributed by atoms with Crippen LogP contribution in [-0.2, 0) is 4.74 Å². The van der Waals surface area contributed by atoms with Crippen LogP contribution >= 0.6 is 0 Å². The van der Waals surface area contributed by atoms with Crippen molar-refractivity contribution in [3.05, 3.63) is 0 Å². The monoisotopic (exact) mass is 235 g/mol. The number of ether oxygens (including phenoxy) is 1. The van der Waals surface area contributed by atoms with Crippen LogP contribution in [0.25, 0.3) is 0 Å². The molecular formula is C14H26BNO. The van der Waals surface area contributed by atoms with Crippen molar-refractivity contribution in [3.8, 4) is 0 Å². The van der Waals surface area contributed by atoms with E-state index in [0.717, 1.165) is 24.9 Å². The van der Waals surface area contributed by atoms with Crippen LogP contribution < -0.4 is 0 Å². The van der Waals surface area contributed by atoms with Gasteiger partial charge in [0.2, 0.25) is 0 Å². The molecule has 1 aliphatic carbocycles. The molecule has 0 N–H and O–H groups in total. The van der Waals surface area contributed by atoms with Crippen molar-refractivity contribution in [2.45, 2.75) is 50.4 Å². The van der Waals surface area contributed by atoms with Crippen LogP contribution in [0.4, 0.5) is 0 Å². The lowest BCUT2D eigenvalue weighted by Gasteiger charge is -2.56. The van der Waals surface area contributed by atoms with Crippen molar-refractivity contribution in [2.75, 3.05) is 27.3 Å². The van der Waals surface area contributed by atoms with Crippen LogP contribution in [0.15, 0.2) is 0 Å². The van der Waals surface area contributed by atoms with E-state index in [1.54, 1.807) is 0 Å². The van der Waals surface area contributed by atoms with Gasteiger partial charge < -0.3 is 4.74 Å². The number of nitrogens with zero attached hydrogens (tertiary/aromatic N) is 1. The molecule has 4 atom stereocenters. The van der Waals surface area contributed by atoms with E-state index in [2.05, 4.69) is 25.8 Å². The van der Waals surface area contributed by atoms with Gasteiger partial charge in [-0.2, -0.15) is 0 Å². The molecule has 96 valence electrons. The highest BCUT2D eigenvalue weighted by Crippen LogP contribution is 2.52. The summed E-state index contributed by atoms with van der Waals surface area (Å²) in [6.45, 7) is 6.60. The molecule has 0 aromatic carbocycles. The molecule has 3 heteroatoms. The summed E-state index contributed by atoms with van der Waals surface area (Å²) in [6.07, 6.45) is 4.89. The second-order valence-electron chi connectivity index (χ2n) is 6.76. The first-order valence-electron chi connectivity index (χ1n) is 6.88. The summed E-state index contributed by atoms with van der Waals surface area (Å²) in [7, 11) is 10.4. The lowest BCUT2D eigenvalue weighted by atomic mass is 9.52. The third kappa shape index (κ3) is 2.41. The van der Waals surface area contributed by atoms with E-state index in [1.807, 2.05) is 7.11 Å². The van der Waals surface area contributed by atoms with Gasteiger partial charge in [0.05, 0.1) is 14.5 Å². The number of hydrogen-bond acceptors (Lipinski definition) is 2. The van der Waals surface area contributed by atoms with E-state index in [1.165, 1.54) is 25.8 Å². The highest BCUT2D eigenvalue weighted by Gasteiger charge is 2.48. The smallest absolute Gasteiger partial charge is 0.0742 e. The Labute approximate surface area is 107 Å². The summed E-state index contributed by atoms with van der Waals surface area (Å²) in [5.74, 6) is 1.54. The van der Waals surface area contributed by atoms with Gasteiger partial charge in [-0.3, -0.25) is 4.90 Å². The molecule has 2 rings (SSSR count). The molecule has 0 amide bonds. The van der Waals surface area contributed by atoms with E-state index in [9.17, 15) is 0 Å². The molecule has 2 fully saturated rings. The predicted molar refractivity (Wildman–Crippen MR) is 72.5 cm³/mol. The largest absolute Gasteiger partial charge is 0.383 e. The van der Waals surface area contributed by atoms with E-state index in [4.69, 9.17) is 12.6 Å². The van der Waals surface area contributed by atoms with Gasteiger partial charge in [-0.25, -0.2) is 0 Å². The number of likely N-dealkylation sites (tertiary alicyclic amines) is 1. The SMILES string of the molecule is [B]C1(C)CCC2C(CCN(C)C2(C)COC)C1. The standard InChI is InChI=1S/C14H26BNO/c1-13(15)7-5-12-11(9-13)6-8-16(3)14(12,2)10-17-4/h11-12H,5-10H2,1-4H3. The lowest BCUT2D eigenvalue weighted by molar-refractivity contribution is -0.0748. The second kappa shape index (κ2) is 4.58. The van der Waals surface area contributed by atoms with Crippen molar-refractivity contribution >= 4 is 7.85 Å². The molecule has 0 bridgehead atoms. The molecule has 1 saturated heterocycles. The van der Waals surface area contributed by atoms with Gasteiger partial charge in [0, 0.05) is 12.6 Å². The fourth-order valence-corrected chi connectivity index (χ4v) is 4.09. The minimum atomic E-state index is 0.0606. The first-order valence-corrected chi connectivity index (χ1v) is 6.88. The van der Waals surface area contributed by atoms with Gasteiger partial charge in [-0.05, 0) is 45.2 Å². The minimum Gasteiger partial charge on any atom is -0.383 e. The maximum Gasteiger partial charge on any atom is 0.0742 e. The van der Waals surface area contributed by atoms with Gasteiger partial charge in [0.15, 0.2) is 0 Å². The second-order valence-corrected chi connectivity index (χ2v) is 6.76. The topological polar surface area (TPSA) is 12.5 Å². The maximum absolute atomic E-state index is 6.34. The average molecular weight is 235 g/mol. The van der Waals surface area contributed by atoms with Gasteiger partial charge >= 0.3 is 0 Å². The molecule has 2 nitrogen and oxygen atoms in total. The van der Waals surface area contributed by atoms with Crippen molar-refractivity contribution in [3.63, 3.8) is 0 Å². The summed E-state index contributed by atoms with van der Waals surface area (Å²) >= 11 is 0. The fourth-order valence-electron chi connectivity index (χ4n) is 4.09. The molecule has 4 unspecified atom stereocenters. The van der Waals surface area contributed by atoms with E-state index in [-0.39, 0.29) is 10.9 Å². The average Bonchev–Trinajstić information content (AvgIpc) is 2.23. The number of methoxy groups -OCH3 is 1. The van der Waals surface area contributed by atoms with Crippen LogP contribution in [0.3, 0.4) is 0 Å². The van der Waals surface area contributed by atoms with E-state index in [0.29, 0.717) is 0 Å². The van der Waals surface area contributed by atoms with Crippen molar-refractivity contribution in [1.29, 1.82) is 0 Å². The van der Waals surface area contributed by atoms with Crippen LogP contribution in [-0.4, -0.2) is 45.6 Å². The highest BCUT2D eigenvalue weighted by molar-refractivity contribution is 6.14. The Balaban J connectivity index is 2.17. The number of rotatable bonds is 2. The molecule has 17 heavy (non-hydrogen) atoms. The van der Waals surface area contributed by atoms with Gasteiger partial charge in [-0.15, -0.1) is 0 Å². The number of hydrogen-bond donors (Lipinski definition) is 0. The number of likely N-dealkylation sites (N-methyl/N-ethyl adjacent to an activating group) is 1. The zero-order valence-corrected chi connectivity index (χ0v) is 11.8. The van der Waals surface area contributed by atoms with Crippen LogP contribution in [0.1, 0.15) is 39.5 Å². The van der Waals surface area contributed by atoms with Crippen molar-refractivity contribution in [2.24, 2.45) is 11.8 Å². The van der Waals surface area contributed by atoms with Crippen LogP contribution in [0, 0.1) is 11.8 Å². The molecule has 1 aliphatic heterocycles. The van der Waals surface area contributed by atoms with Crippen LogP contribution in [0.5, 0.6) is 0 Å².